The van der Waals surface area contributed by atoms with Gasteiger partial charge in [-0.3, -0.25) is 9.98 Å². The molecule has 0 bridgehead atoms. The summed E-state index contributed by atoms with van der Waals surface area (Å²) in [6, 6.07) is 0. The van der Waals surface area contributed by atoms with Crippen molar-refractivity contribution in [1.82, 2.24) is 0 Å². The van der Waals surface area contributed by atoms with E-state index in [1.165, 1.54) is 0 Å². The van der Waals surface area contributed by atoms with E-state index in [2.05, 4.69) is 50.0 Å². The maximum atomic E-state index is 12.4. The Balaban J connectivity index is 0. The molecule has 0 aromatic rings. The Bertz CT molecular complexity index is 728. The number of rotatable bonds is 5. The van der Waals surface area contributed by atoms with Gasteiger partial charge in [-0.25, -0.2) is 0 Å². The van der Waals surface area contributed by atoms with Crippen molar-refractivity contribution in [3.63, 3.8) is 0 Å². The van der Waals surface area contributed by atoms with Crippen LogP contribution in [0.3, 0.4) is 0 Å². The monoisotopic (exact) mass is 615 g/mol. The van der Waals surface area contributed by atoms with Gasteiger partial charge in [0.1, 0.15) is 0 Å². The Morgan fingerprint density at radius 3 is 1.00 bits per heavy atom. The molecule has 1 radical (unpaired) electrons. The normalized spacial score (nSPS) is 21.8. The summed E-state index contributed by atoms with van der Waals surface area (Å²) in [7, 11) is 0.241. The first-order valence-electron chi connectivity index (χ1n) is 12.0. The van der Waals surface area contributed by atoms with Gasteiger partial charge in [0.25, 0.3) is 0 Å². The van der Waals surface area contributed by atoms with Gasteiger partial charge in [-0.1, -0.05) is 11.5 Å². The van der Waals surface area contributed by atoms with E-state index < -0.39 is 22.4 Å². The van der Waals surface area contributed by atoms with Crippen molar-refractivity contribution >= 4 is 28.3 Å². The van der Waals surface area contributed by atoms with Crippen LogP contribution in [0, 0.1) is 0 Å². The molecule has 0 unspecified atom stereocenters. The van der Waals surface area contributed by atoms with E-state index in [0.717, 1.165) is 0 Å². The van der Waals surface area contributed by atoms with Crippen LogP contribution in [0.25, 0.3) is 0 Å². The van der Waals surface area contributed by atoms with Gasteiger partial charge in [-0.15, -0.1) is 0 Å². The maximum Gasteiger partial charge on any atom is 0.0893 e. The molecule has 0 amide bonds. The molecule has 2 heterocycles. The average molecular weight is 616 g/mol. The van der Waals surface area contributed by atoms with Gasteiger partial charge >= 0.3 is 0 Å². The van der Waals surface area contributed by atoms with Crippen molar-refractivity contribution in [2.75, 3.05) is 53.1 Å². The smallest absolute Gasteiger partial charge is 0.0893 e. The molecule has 2 aliphatic heterocycles. The molecule has 0 N–H and O–H groups in total. The van der Waals surface area contributed by atoms with Gasteiger partial charge in [-0.05, 0) is 82.4 Å². The maximum absolute atomic E-state index is 12.4. The Kier molecular flexibility index (Phi) is 15.5. The molecule has 35 heavy (non-hydrogen) atoms. The van der Waals surface area contributed by atoms with E-state index >= 15 is 0 Å². The topological polar surface area (TPSA) is 89.3 Å². The van der Waals surface area contributed by atoms with Crippen LogP contribution in [0.5, 0.6) is 0 Å². The zero-order valence-electron chi connectivity index (χ0n) is 24.5. The number of aliphatic imine (C=N–C) groups is 2. The zero-order valence-corrected chi connectivity index (χ0v) is 28.3. The summed E-state index contributed by atoms with van der Waals surface area (Å²) in [5.41, 5.74) is -1.79. The predicted octanol–water partition coefficient (Wildman–Crippen LogP) is 3.71. The number of ether oxygens (including phenoxy) is 2. The first-order chi connectivity index (χ1) is 15.2. The first-order valence-corrected chi connectivity index (χ1v) is 18.0. The van der Waals surface area contributed by atoms with Crippen LogP contribution in [-0.2, 0) is 29.6 Å². The second kappa shape index (κ2) is 14.7. The van der Waals surface area contributed by atoms with Crippen LogP contribution in [0.4, 0.5) is 0 Å². The Morgan fingerprint density at radius 2 is 0.829 bits per heavy atom. The Hall–Kier alpha value is -0.151. The van der Waals surface area contributed by atoms with E-state index in [1.807, 2.05) is 27.7 Å². The third-order valence-electron chi connectivity index (χ3n) is 4.70. The molecule has 2 aliphatic rings. The van der Waals surface area contributed by atoms with Crippen molar-refractivity contribution in [3.8, 4) is 0 Å². The second-order valence-corrected chi connectivity index (χ2v) is 17.8. The van der Waals surface area contributed by atoms with Gasteiger partial charge in [0.15, 0.2) is 0 Å². The van der Waals surface area contributed by atoms with Gasteiger partial charge < -0.3 is 19.7 Å². The summed E-state index contributed by atoms with van der Waals surface area (Å²) in [5, 5.41) is 24.7. The van der Waals surface area contributed by atoms with Crippen molar-refractivity contribution in [2.24, 2.45) is 9.98 Å². The fourth-order valence-corrected chi connectivity index (χ4v) is 3.53. The minimum atomic E-state index is -0.819. The standard InChI is InChI=1S/C20H32N2O4.2C3H9P.Tc/c1-17(2)13(15(23)19(5,6)25-17)11-21-9-10-22-12-14-16(24)20(7,8)26-18(14,3)4;2*1-4(2)3;/h11-12,23-24H,9-10H2,1-8H3;2*1-3H3;/i;;;1+1. The molecule has 0 aromatic heterocycles. The molecule has 0 saturated carbocycles. The SMILES string of the molecule is CC1(C)OC(C)(C)C(C=NCCN=CC2=C([O-])C(C)(C)OC2(C)C)=C1[O-].C[PH+](C)C.C[PH+](C)C.[99Tc]. The minimum Gasteiger partial charge on any atom is -0.873 e. The van der Waals surface area contributed by atoms with Crippen LogP contribution in [0.15, 0.2) is 32.6 Å². The molecule has 0 fully saturated rings. The number of hydrogen-bond acceptors (Lipinski definition) is 6. The summed E-state index contributed by atoms with van der Waals surface area (Å²) in [5.74, 6) is -0.0778. The minimum absolute atomic E-state index is 0. The fraction of sp³-hybridized carbons (Fsp3) is 0.769. The Morgan fingerprint density at radius 1 is 0.600 bits per heavy atom. The third-order valence-corrected chi connectivity index (χ3v) is 4.70. The van der Waals surface area contributed by atoms with Gasteiger partial charge in [-0.2, -0.15) is 0 Å². The summed E-state index contributed by atoms with van der Waals surface area (Å²) in [6.07, 6.45) is 3.19. The van der Waals surface area contributed by atoms with E-state index in [-0.39, 0.29) is 47.5 Å². The van der Waals surface area contributed by atoms with Crippen LogP contribution in [0.1, 0.15) is 55.4 Å². The van der Waals surface area contributed by atoms with Crippen LogP contribution < -0.4 is 10.2 Å². The molecule has 205 valence electrons. The van der Waals surface area contributed by atoms with Crippen molar-refractivity contribution in [2.45, 2.75) is 77.8 Å². The van der Waals surface area contributed by atoms with E-state index in [4.69, 9.17) is 9.47 Å². The molecule has 2 rings (SSSR count). The van der Waals surface area contributed by atoms with Crippen LogP contribution in [-0.4, -0.2) is 87.9 Å². The summed E-state index contributed by atoms with van der Waals surface area (Å²) < 4.78 is 11.6. The zero-order chi connectivity index (χ0) is 27.1. The molecule has 0 saturated heterocycles. The molecule has 0 atom stereocenters. The van der Waals surface area contributed by atoms with Crippen LogP contribution in [0.2, 0.25) is 0 Å². The largest absolute Gasteiger partial charge is 0.873 e. The molecule has 0 spiro atoms. The van der Waals surface area contributed by atoms with Gasteiger partial charge in [0.05, 0.1) is 35.5 Å². The van der Waals surface area contributed by atoms with Crippen molar-refractivity contribution < 1.29 is 39.8 Å². The van der Waals surface area contributed by atoms with Gasteiger partial charge in [0, 0.05) is 72.5 Å². The van der Waals surface area contributed by atoms with Crippen molar-refractivity contribution in [1.29, 1.82) is 0 Å². The summed E-state index contributed by atoms with van der Waals surface area (Å²) in [4.78, 5) is 8.62. The third kappa shape index (κ3) is 12.3. The first kappa shape index (κ1) is 37.0. The summed E-state index contributed by atoms with van der Waals surface area (Å²) in [6.45, 7) is 29.0. The molecule has 9 heteroatoms. The fourth-order valence-electron chi connectivity index (χ4n) is 3.53. The molecule has 0 aromatic carbocycles. The summed E-state index contributed by atoms with van der Waals surface area (Å²) >= 11 is 0. The quantitative estimate of drug-likeness (QED) is 0.268. The van der Waals surface area contributed by atoms with E-state index in [1.54, 1.807) is 40.1 Å². The molecular formula is C26H50N2O4P2Tc. The van der Waals surface area contributed by atoms with E-state index in [9.17, 15) is 10.2 Å². The molecule has 0 aliphatic carbocycles. The predicted molar refractivity (Wildman–Crippen MR) is 151 cm³/mol. The average Bonchev–Trinajstić information content (AvgIpc) is 2.85. The molecular weight excluding hydrogens is 565 g/mol. The molecule has 6 nitrogen and oxygen atoms in total. The van der Waals surface area contributed by atoms with Gasteiger partial charge in [0.2, 0.25) is 0 Å². The Labute approximate surface area is 231 Å². The van der Waals surface area contributed by atoms with Crippen molar-refractivity contribution in [3.05, 3.63) is 22.7 Å². The van der Waals surface area contributed by atoms with Crippen LogP contribution >= 0.6 is 15.8 Å². The second-order valence-electron chi connectivity index (χ2n) is 11.8. The number of nitrogens with zero attached hydrogens (tertiary/aromatic N) is 2. The number of hydrogen-bond donors (Lipinski definition) is 0. The van der Waals surface area contributed by atoms with E-state index in [0.29, 0.717) is 24.2 Å².